The Balaban J connectivity index is 1.74. The van der Waals surface area contributed by atoms with Crippen LogP contribution in [0.1, 0.15) is 50.6 Å². The first-order valence-corrected chi connectivity index (χ1v) is 11.2. The molecule has 1 aliphatic rings. The van der Waals surface area contributed by atoms with E-state index in [4.69, 9.17) is 9.15 Å². The highest BCUT2D eigenvalue weighted by Gasteiger charge is 2.43. The zero-order valence-electron chi connectivity index (χ0n) is 19.4. The van der Waals surface area contributed by atoms with Crippen LogP contribution < -0.4 is 15.1 Å². The number of carbonyl (C=O) groups excluding carboxylic acids is 2. The van der Waals surface area contributed by atoms with Crippen molar-refractivity contribution in [2.75, 3.05) is 11.5 Å². The van der Waals surface area contributed by atoms with Crippen molar-refractivity contribution in [3.63, 3.8) is 0 Å². The zero-order valence-corrected chi connectivity index (χ0v) is 19.4. The Morgan fingerprint density at radius 1 is 1.09 bits per heavy atom. The van der Waals surface area contributed by atoms with Crippen LogP contribution in [0.5, 0.6) is 5.75 Å². The van der Waals surface area contributed by atoms with E-state index in [2.05, 4.69) is 6.58 Å². The summed E-state index contributed by atoms with van der Waals surface area (Å²) in [6.07, 6.45) is 1.65. The molecule has 0 saturated carbocycles. The van der Waals surface area contributed by atoms with Crippen LogP contribution in [0.2, 0.25) is 0 Å². The first kappa shape index (κ1) is 22.3. The van der Waals surface area contributed by atoms with Crippen molar-refractivity contribution in [1.29, 1.82) is 0 Å². The molecule has 6 nitrogen and oxygen atoms in total. The average Bonchev–Trinajstić information content (AvgIpc) is 3.16. The summed E-state index contributed by atoms with van der Waals surface area (Å²) in [6, 6.07) is 18.6. The number of amides is 1. The molecule has 0 aliphatic carbocycles. The highest BCUT2D eigenvalue weighted by Crippen LogP contribution is 2.42. The first-order valence-electron chi connectivity index (χ1n) is 11.2. The number of rotatable bonds is 6. The molecular weight excluding hydrogens is 442 g/mol. The van der Waals surface area contributed by atoms with Crippen molar-refractivity contribution >= 4 is 28.3 Å². The summed E-state index contributed by atoms with van der Waals surface area (Å²) in [5.41, 5.74) is 3.10. The summed E-state index contributed by atoms with van der Waals surface area (Å²) in [4.78, 5) is 40.8. The van der Waals surface area contributed by atoms with Crippen LogP contribution in [-0.4, -0.2) is 18.3 Å². The Morgan fingerprint density at radius 2 is 1.86 bits per heavy atom. The van der Waals surface area contributed by atoms with Gasteiger partial charge in [0.2, 0.25) is 5.76 Å². The molecule has 1 aliphatic heterocycles. The molecule has 1 unspecified atom stereocenters. The molecule has 0 radical (unpaired) electrons. The number of Topliss-reactive ketones (excluding diaryl/α,β-unsaturated/α-hetero) is 1. The molecule has 174 valence electrons. The zero-order chi connectivity index (χ0) is 24.7. The second kappa shape index (κ2) is 8.72. The third-order valence-electron chi connectivity index (χ3n) is 6.12. The number of fused-ring (bicyclic) bond motifs is 2. The van der Waals surface area contributed by atoms with E-state index in [-0.39, 0.29) is 22.5 Å². The van der Waals surface area contributed by atoms with Crippen LogP contribution in [0.3, 0.4) is 0 Å². The molecule has 3 aromatic carbocycles. The van der Waals surface area contributed by atoms with Crippen LogP contribution in [-0.2, 0) is 0 Å². The van der Waals surface area contributed by atoms with Gasteiger partial charge in [-0.05, 0) is 67.9 Å². The SMILES string of the molecule is C=CCOc1cccc(C2c3c(oc4ccc(C)cc4c3=O)C(=O)N2c2ccc(C(C)=O)cc2)c1. The quantitative estimate of drug-likeness (QED) is 0.273. The fourth-order valence-electron chi connectivity index (χ4n) is 4.45. The standard InChI is InChI=1S/C29H23NO5/c1-4-14-34-22-7-5-6-20(16-22)26-25-27(32)23-15-17(2)8-13-24(23)35-28(25)29(33)30(26)21-11-9-19(10-12-21)18(3)31/h4-13,15-16,26H,1,14H2,2-3H3. The lowest BCUT2D eigenvalue weighted by Crippen LogP contribution is -2.29. The fourth-order valence-corrected chi connectivity index (χ4v) is 4.45. The molecule has 0 saturated heterocycles. The van der Waals surface area contributed by atoms with E-state index in [9.17, 15) is 14.4 Å². The molecule has 4 aromatic rings. The lowest BCUT2D eigenvalue weighted by molar-refractivity contribution is 0.0970. The van der Waals surface area contributed by atoms with Crippen molar-refractivity contribution in [2.45, 2.75) is 19.9 Å². The van der Waals surface area contributed by atoms with Crippen molar-refractivity contribution in [3.05, 3.63) is 118 Å². The second-order valence-corrected chi connectivity index (χ2v) is 8.53. The molecule has 0 spiro atoms. The smallest absolute Gasteiger partial charge is 0.295 e. The van der Waals surface area contributed by atoms with Gasteiger partial charge >= 0.3 is 0 Å². The molecule has 0 bridgehead atoms. The molecule has 2 heterocycles. The summed E-state index contributed by atoms with van der Waals surface area (Å²) < 4.78 is 11.7. The third-order valence-corrected chi connectivity index (χ3v) is 6.12. The van der Waals surface area contributed by atoms with Crippen molar-refractivity contribution < 1.29 is 18.7 Å². The molecule has 1 amide bonds. The molecule has 1 aromatic heterocycles. The predicted octanol–water partition coefficient (Wildman–Crippen LogP) is 5.62. The summed E-state index contributed by atoms with van der Waals surface area (Å²) in [7, 11) is 0. The fraction of sp³-hybridized carbons (Fsp3) is 0.138. The maximum atomic E-state index is 13.8. The van der Waals surface area contributed by atoms with Crippen LogP contribution in [0, 0.1) is 6.92 Å². The normalized spacial score (nSPS) is 14.7. The van der Waals surface area contributed by atoms with Crippen LogP contribution >= 0.6 is 0 Å². The van der Waals surface area contributed by atoms with Crippen LogP contribution in [0.15, 0.2) is 88.6 Å². The minimum atomic E-state index is -0.728. The highest BCUT2D eigenvalue weighted by atomic mass is 16.5. The number of hydrogen-bond acceptors (Lipinski definition) is 5. The van der Waals surface area contributed by atoms with Gasteiger partial charge in [0.05, 0.1) is 17.0 Å². The Kier molecular flexibility index (Phi) is 5.57. The van der Waals surface area contributed by atoms with Gasteiger partial charge in [-0.15, -0.1) is 0 Å². The predicted molar refractivity (Wildman–Crippen MR) is 134 cm³/mol. The van der Waals surface area contributed by atoms with E-state index < -0.39 is 11.9 Å². The number of ketones is 1. The minimum Gasteiger partial charge on any atom is -0.490 e. The van der Waals surface area contributed by atoms with Gasteiger partial charge in [-0.2, -0.15) is 0 Å². The third kappa shape index (κ3) is 3.83. The van der Waals surface area contributed by atoms with Gasteiger partial charge < -0.3 is 9.15 Å². The Labute approximate surface area is 202 Å². The van der Waals surface area contributed by atoms with Gasteiger partial charge in [-0.3, -0.25) is 19.3 Å². The number of anilines is 1. The summed E-state index contributed by atoms with van der Waals surface area (Å²) >= 11 is 0. The number of ether oxygens (including phenoxy) is 1. The second-order valence-electron chi connectivity index (χ2n) is 8.53. The van der Waals surface area contributed by atoms with Gasteiger partial charge in [0.1, 0.15) is 17.9 Å². The van der Waals surface area contributed by atoms with Gasteiger partial charge in [0, 0.05) is 11.3 Å². The maximum absolute atomic E-state index is 13.8. The van der Waals surface area contributed by atoms with Crippen molar-refractivity contribution in [1.82, 2.24) is 0 Å². The van der Waals surface area contributed by atoms with Crippen molar-refractivity contribution in [2.24, 2.45) is 0 Å². The number of carbonyl (C=O) groups is 2. The summed E-state index contributed by atoms with van der Waals surface area (Å²) in [5.74, 6) is 0.118. The van der Waals surface area contributed by atoms with Crippen LogP contribution in [0.4, 0.5) is 5.69 Å². The lowest BCUT2D eigenvalue weighted by atomic mass is 9.97. The lowest BCUT2D eigenvalue weighted by Gasteiger charge is -2.25. The number of hydrogen-bond donors (Lipinski definition) is 0. The van der Waals surface area contributed by atoms with Crippen LogP contribution in [0.25, 0.3) is 11.0 Å². The summed E-state index contributed by atoms with van der Waals surface area (Å²) in [6.45, 7) is 7.39. The average molecular weight is 466 g/mol. The number of nitrogens with zero attached hydrogens (tertiary/aromatic N) is 1. The number of benzene rings is 3. The molecule has 5 rings (SSSR count). The molecule has 0 N–H and O–H groups in total. The molecule has 35 heavy (non-hydrogen) atoms. The van der Waals surface area contributed by atoms with E-state index in [0.717, 1.165) is 5.56 Å². The highest BCUT2D eigenvalue weighted by molar-refractivity contribution is 6.11. The first-order chi connectivity index (χ1) is 16.9. The van der Waals surface area contributed by atoms with Gasteiger partial charge in [0.25, 0.3) is 5.91 Å². The van der Waals surface area contributed by atoms with E-state index in [0.29, 0.717) is 40.1 Å². The Bertz CT molecular complexity index is 1550. The van der Waals surface area contributed by atoms with Gasteiger partial charge in [-0.1, -0.05) is 36.4 Å². The number of aryl methyl sites for hydroxylation is 1. The maximum Gasteiger partial charge on any atom is 0.295 e. The molecular formula is C29H23NO5. The minimum absolute atomic E-state index is 0.0180. The van der Waals surface area contributed by atoms with Crippen molar-refractivity contribution in [3.8, 4) is 5.75 Å². The molecule has 6 heteroatoms. The molecule has 0 fully saturated rings. The van der Waals surface area contributed by atoms with E-state index in [1.54, 1.807) is 42.5 Å². The Morgan fingerprint density at radius 3 is 2.57 bits per heavy atom. The monoisotopic (exact) mass is 465 g/mol. The van der Waals surface area contributed by atoms with Gasteiger partial charge in [0.15, 0.2) is 11.2 Å². The summed E-state index contributed by atoms with van der Waals surface area (Å²) in [5, 5.41) is 0.425. The van der Waals surface area contributed by atoms with E-state index in [1.807, 2.05) is 37.3 Å². The molecule has 1 atom stereocenters. The Hall–Kier alpha value is -4.45. The van der Waals surface area contributed by atoms with E-state index in [1.165, 1.54) is 11.8 Å². The topological polar surface area (TPSA) is 76.8 Å². The largest absolute Gasteiger partial charge is 0.490 e. The van der Waals surface area contributed by atoms with Gasteiger partial charge in [-0.25, -0.2) is 0 Å². The van der Waals surface area contributed by atoms with E-state index >= 15 is 0 Å².